The highest BCUT2D eigenvalue weighted by molar-refractivity contribution is 6.58. The van der Waals surface area contributed by atoms with Crippen molar-refractivity contribution >= 4 is 24.2 Å². The number of benzene rings is 2. The van der Waals surface area contributed by atoms with Crippen molar-refractivity contribution in [1.82, 2.24) is 0 Å². The SMILES string of the molecule is OB(O)c1ccc(F)c(OCc2ccc(Cl)cc2F)c1. The van der Waals surface area contributed by atoms with Crippen molar-refractivity contribution < 1.29 is 23.6 Å². The highest BCUT2D eigenvalue weighted by Gasteiger charge is 2.14. The minimum Gasteiger partial charge on any atom is -0.486 e. The summed E-state index contributed by atoms with van der Waals surface area (Å²) in [5, 5.41) is 18.3. The number of hydrogen-bond donors (Lipinski definition) is 2. The Morgan fingerprint density at radius 2 is 1.80 bits per heavy atom. The summed E-state index contributed by atoms with van der Waals surface area (Å²) in [4.78, 5) is 0. The predicted octanol–water partition coefficient (Wildman–Crippen LogP) is 1.88. The lowest BCUT2D eigenvalue weighted by molar-refractivity contribution is 0.285. The van der Waals surface area contributed by atoms with E-state index in [-0.39, 0.29) is 28.4 Å². The molecule has 0 spiro atoms. The molecule has 0 amide bonds. The van der Waals surface area contributed by atoms with Crippen molar-refractivity contribution in [3.05, 3.63) is 58.6 Å². The molecule has 0 aliphatic rings. The van der Waals surface area contributed by atoms with E-state index < -0.39 is 18.8 Å². The molecule has 2 rings (SSSR count). The second-order valence-electron chi connectivity index (χ2n) is 4.09. The zero-order valence-corrected chi connectivity index (χ0v) is 10.9. The molecule has 20 heavy (non-hydrogen) atoms. The van der Waals surface area contributed by atoms with Gasteiger partial charge in [-0.05, 0) is 29.7 Å². The summed E-state index contributed by atoms with van der Waals surface area (Å²) < 4.78 is 32.2. The van der Waals surface area contributed by atoms with Gasteiger partial charge >= 0.3 is 7.12 Å². The molecule has 104 valence electrons. The van der Waals surface area contributed by atoms with Crippen LogP contribution in [-0.4, -0.2) is 17.2 Å². The Morgan fingerprint density at radius 1 is 1.05 bits per heavy atom. The maximum atomic E-state index is 13.5. The number of halogens is 3. The molecule has 0 atom stereocenters. The molecule has 2 aromatic rings. The van der Waals surface area contributed by atoms with Crippen LogP contribution < -0.4 is 10.2 Å². The first-order valence-electron chi connectivity index (χ1n) is 5.69. The van der Waals surface area contributed by atoms with Crippen molar-refractivity contribution in [2.45, 2.75) is 6.61 Å². The molecule has 0 saturated heterocycles. The minimum atomic E-state index is -1.73. The largest absolute Gasteiger partial charge is 0.488 e. The number of hydrogen-bond acceptors (Lipinski definition) is 3. The van der Waals surface area contributed by atoms with E-state index in [4.69, 9.17) is 26.4 Å². The maximum Gasteiger partial charge on any atom is 0.488 e. The van der Waals surface area contributed by atoms with Gasteiger partial charge in [-0.3, -0.25) is 0 Å². The van der Waals surface area contributed by atoms with Crippen LogP contribution in [0.25, 0.3) is 0 Å². The second kappa shape index (κ2) is 6.22. The third kappa shape index (κ3) is 3.48. The van der Waals surface area contributed by atoms with Crippen LogP contribution in [0.3, 0.4) is 0 Å². The van der Waals surface area contributed by atoms with Gasteiger partial charge in [0, 0.05) is 10.6 Å². The molecule has 2 N–H and O–H groups in total. The Hall–Kier alpha value is -1.63. The van der Waals surface area contributed by atoms with Crippen molar-refractivity contribution in [3.63, 3.8) is 0 Å². The summed E-state index contributed by atoms with van der Waals surface area (Å²) in [7, 11) is -1.73. The van der Waals surface area contributed by atoms with E-state index in [9.17, 15) is 8.78 Å². The molecule has 0 radical (unpaired) electrons. The summed E-state index contributed by atoms with van der Waals surface area (Å²) in [5.74, 6) is -1.43. The lowest BCUT2D eigenvalue weighted by Gasteiger charge is -2.10. The highest BCUT2D eigenvalue weighted by Crippen LogP contribution is 2.19. The van der Waals surface area contributed by atoms with E-state index in [1.807, 2.05) is 0 Å². The maximum absolute atomic E-state index is 13.5. The summed E-state index contributed by atoms with van der Waals surface area (Å²) >= 11 is 5.62. The van der Waals surface area contributed by atoms with Crippen LogP contribution in [0.4, 0.5) is 8.78 Å². The fraction of sp³-hybridized carbons (Fsp3) is 0.0769. The molecule has 2 aromatic carbocycles. The van der Waals surface area contributed by atoms with Crippen molar-refractivity contribution in [3.8, 4) is 5.75 Å². The summed E-state index contributed by atoms with van der Waals surface area (Å²) in [6.07, 6.45) is 0. The molecule has 0 aliphatic carbocycles. The molecule has 0 unspecified atom stereocenters. The average Bonchev–Trinajstić information content (AvgIpc) is 2.39. The summed E-state index contributed by atoms with van der Waals surface area (Å²) in [5.41, 5.74) is 0.293. The van der Waals surface area contributed by atoms with Gasteiger partial charge < -0.3 is 14.8 Å². The Kier molecular flexibility index (Phi) is 4.59. The lowest BCUT2D eigenvalue weighted by atomic mass is 9.80. The zero-order valence-electron chi connectivity index (χ0n) is 10.2. The van der Waals surface area contributed by atoms with E-state index >= 15 is 0 Å². The normalized spacial score (nSPS) is 10.4. The van der Waals surface area contributed by atoms with Gasteiger partial charge in [-0.25, -0.2) is 8.78 Å². The zero-order chi connectivity index (χ0) is 14.7. The van der Waals surface area contributed by atoms with Crippen molar-refractivity contribution in [2.75, 3.05) is 0 Å². The van der Waals surface area contributed by atoms with E-state index in [1.54, 1.807) is 0 Å². The Bertz CT molecular complexity index is 623. The lowest BCUT2D eigenvalue weighted by Crippen LogP contribution is -2.29. The molecule has 7 heteroatoms. The first kappa shape index (κ1) is 14.8. The van der Waals surface area contributed by atoms with Gasteiger partial charge in [0.15, 0.2) is 11.6 Å². The molecule has 0 aromatic heterocycles. The molecular formula is C13H10BClF2O3. The summed E-state index contributed by atoms with van der Waals surface area (Å²) in [6, 6.07) is 7.46. The third-order valence-corrected chi connectivity index (χ3v) is 2.89. The summed E-state index contributed by atoms with van der Waals surface area (Å²) in [6.45, 7) is -0.203. The van der Waals surface area contributed by atoms with Gasteiger partial charge in [0.1, 0.15) is 12.4 Å². The first-order chi connectivity index (χ1) is 9.47. The van der Waals surface area contributed by atoms with Gasteiger partial charge in [0.2, 0.25) is 0 Å². The molecule has 0 bridgehead atoms. The molecular weight excluding hydrogens is 288 g/mol. The average molecular weight is 298 g/mol. The van der Waals surface area contributed by atoms with Crippen molar-refractivity contribution in [2.24, 2.45) is 0 Å². The van der Waals surface area contributed by atoms with Crippen molar-refractivity contribution in [1.29, 1.82) is 0 Å². The fourth-order valence-electron chi connectivity index (χ4n) is 1.59. The van der Waals surface area contributed by atoms with Gasteiger partial charge in [0.25, 0.3) is 0 Å². The first-order valence-corrected chi connectivity index (χ1v) is 6.07. The highest BCUT2D eigenvalue weighted by atomic mass is 35.5. The quantitative estimate of drug-likeness (QED) is 0.847. The Morgan fingerprint density at radius 3 is 2.45 bits per heavy atom. The third-order valence-electron chi connectivity index (χ3n) is 2.65. The topological polar surface area (TPSA) is 49.7 Å². The van der Waals surface area contributed by atoms with Crippen LogP contribution in [0.1, 0.15) is 5.56 Å². The van der Waals surface area contributed by atoms with Crippen LogP contribution in [0.2, 0.25) is 5.02 Å². The molecule has 0 heterocycles. The van der Waals surface area contributed by atoms with Gasteiger partial charge in [-0.2, -0.15) is 0 Å². The van der Waals surface area contributed by atoms with Crippen LogP contribution in [0.15, 0.2) is 36.4 Å². The number of rotatable bonds is 4. The van der Waals surface area contributed by atoms with E-state index in [1.165, 1.54) is 18.2 Å². The minimum absolute atomic E-state index is 0.0815. The fourth-order valence-corrected chi connectivity index (χ4v) is 1.74. The Balaban J connectivity index is 2.16. The van der Waals surface area contributed by atoms with Gasteiger partial charge in [-0.1, -0.05) is 23.7 Å². The molecule has 3 nitrogen and oxygen atoms in total. The smallest absolute Gasteiger partial charge is 0.486 e. The van der Waals surface area contributed by atoms with Gasteiger partial charge in [0.05, 0.1) is 0 Å². The number of ether oxygens (including phenoxy) is 1. The molecule has 0 aliphatic heterocycles. The van der Waals surface area contributed by atoms with E-state index in [0.29, 0.717) is 0 Å². The predicted molar refractivity (Wildman–Crippen MR) is 72.0 cm³/mol. The van der Waals surface area contributed by atoms with Crippen LogP contribution >= 0.6 is 11.6 Å². The standard InChI is InChI=1S/C13H10BClF2O3/c15-10-3-1-8(12(17)6-10)7-20-13-5-9(14(18)19)2-4-11(13)16/h1-6,18-19H,7H2. The Labute approximate surface area is 119 Å². The van der Waals surface area contributed by atoms with Crippen LogP contribution in [0, 0.1) is 11.6 Å². The van der Waals surface area contributed by atoms with E-state index in [0.717, 1.165) is 18.2 Å². The van der Waals surface area contributed by atoms with Crippen LogP contribution in [0.5, 0.6) is 5.75 Å². The second-order valence-corrected chi connectivity index (χ2v) is 4.52. The van der Waals surface area contributed by atoms with E-state index in [2.05, 4.69) is 0 Å². The van der Waals surface area contributed by atoms with Crippen LogP contribution in [-0.2, 0) is 6.61 Å². The van der Waals surface area contributed by atoms with Gasteiger partial charge in [-0.15, -0.1) is 0 Å². The molecule has 0 fully saturated rings. The molecule has 0 saturated carbocycles. The monoisotopic (exact) mass is 298 g/mol.